The van der Waals surface area contributed by atoms with Gasteiger partial charge >= 0.3 is 0 Å². The Labute approximate surface area is 181 Å². The molecule has 10 heteroatoms. The van der Waals surface area contributed by atoms with Gasteiger partial charge < -0.3 is 0 Å². The Bertz CT molecular complexity index is 1190. The lowest BCUT2D eigenvalue weighted by Gasteiger charge is -2.17. The normalized spacial score (nSPS) is 16.9. The number of anilines is 1. The minimum Gasteiger partial charge on any atom is -0.294 e. The molecule has 32 heavy (non-hydrogen) atoms. The summed E-state index contributed by atoms with van der Waals surface area (Å²) in [7, 11) is 0. The van der Waals surface area contributed by atoms with E-state index in [2.05, 4.69) is 10.5 Å². The number of hydrogen-bond acceptors (Lipinski definition) is 8. The summed E-state index contributed by atoms with van der Waals surface area (Å²) in [4.78, 5) is 60.7. The number of Topliss-reactive ketones (excluding diaryl/α,β-unsaturated/α-hetero) is 2. The predicted octanol–water partition coefficient (Wildman–Crippen LogP) is 2.52. The van der Waals surface area contributed by atoms with E-state index < -0.39 is 22.5 Å². The SMILES string of the molecule is O=C1CC(=O)/C(=N/Nc2ccc([N+](=O)[O-])cc2)C=C1CCN1C(=O)c2ccccc2C1=O. The Balaban J connectivity index is 1.47. The second kappa shape index (κ2) is 8.34. The Kier molecular flexibility index (Phi) is 5.42. The fraction of sp³-hybridized carbons (Fsp3) is 0.136. The van der Waals surface area contributed by atoms with Crippen LogP contribution in [0.2, 0.25) is 0 Å². The monoisotopic (exact) mass is 432 g/mol. The summed E-state index contributed by atoms with van der Waals surface area (Å²) >= 11 is 0. The number of nitro benzene ring substituents is 1. The zero-order valence-corrected chi connectivity index (χ0v) is 16.6. The first kappa shape index (κ1) is 20.8. The fourth-order valence-corrected chi connectivity index (χ4v) is 3.44. The lowest BCUT2D eigenvalue weighted by Crippen LogP contribution is -2.32. The van der Waals surface area contributed by atoms with Gasteiger partial charge in [-0.3, -0.25) is 39.6 Å². The zero-order chi connectivity index (χ0) is 22.8. The first-order chi connectivity index (χ1) is 15.3. The predicted molar refractivity (Wildman–Crippen MR) is 113 cm³/mol. The van der Waals surface area contributed by atoms with Crippen molar-refractivity contribution >= 4 is 40.5 Å². The number of fused-ring (bicyclic) bond motifs is 1. The smallest absolute Gasteiger partial charge is 0.269 e. The first-order valence-electron chi connectivity index (χ1n) is 9.65. The third-order valence-electron chi connectivity index (χ3n) is 5.14. The molecular weight excluding hydrogens is 416 g/mol. The third kappa shape index (κ3) is 3.93. The molecule has 0 saturated heterocycles. The summed E-state index contributed by atoms with van der Waals surface area (Å²) in [5, 5.41) is 14.7. The molecule has 10 nitrogen and oxygen atoms in total. The largest absolute Gasteiger partial charge is 0.294 e. The van der Waals surface area contributed by atoms with Gasteiger partial charge in [0, 0.05) is 18.7 Å². The van der Waals surface area contributed by atoms with Crippen LogP contribution in [0.5, 0.6) is 0 Å². The number of nitro groups is 1. The molecule has 160 valence electrons. The molecule has 0 unspecified atom stereocenters. The van der Waals surface area contributed by atoms with E-state index in [1.54, 1.807) is 24.3 Å². The second-order valence-electron chi connectivity index (χ2n) is 7.16. The van der Waals surface area contributed by atoms with Crippen molar-refractivity contribution in [1.82, 2.24) is 4.90 Å². The lowest BCUT2D eigenvalue weighted by molar-refractivity contribution is -0.384. The van der Waals surface area contributed by atoms with Gasteiger partial charge in [0.25, 0.3) is 17.5 Å². The maximum atomic E-state index is 12.5. The number of carbonyl (C=O) groups excluding carboxylic acids is 4. The molecule has 1 aliphatic carbocycles. The van der Waals surface area contributed by atoms with Crippen molar-refractivity contribution in [2.24, 2.45) is 5.10 Å². The number of hydrogen-bond donors (Lipinski definition) is 1. The van der Waals surface area contributed by atoms with E-state index in [0.717, 1.165) is 4.90 Å². The Hall–Kier alpha value is -4.47. The van der Waals surface area contributed by atoms with Crippen LogP contribution in [0.1, 0.15) is 33.6 Å². The van der Waals surface area contributed by atoms with Gasteiger partial charge in [0.15, 0.2) is 11.6 Å². The molecule has 1 aliphatic heterocycles. The third-order valence-corrected chi connectivity index (χ3v) is 5.14. The van der Waals surface area contributed by atoms with Gasteiger partial charge in [-0.25, -0.2) is 0 Å². The maximum Gasteiger partial charge on any atom is 0.269 e. The number of rotatable bonds is 6. The van der Waals surface area contributed by atoms with E-state index in [4.69, 9.17) is 0 Å². The van der Waals surface area contributed by atoms with Crippen molar-refractivity contribution in [3.63, 3.8) is 0 Å². The van der Waals surface area contributed by atoms with E-state index in [1.165, 1.54) is 30.3 Å². The summed E-state index contributed by atoms with van der Waals surface area (Å²) < 4.78 is 0. The lowest BCUT2D eigenvalue weighted by atomic mass is 9.93. The minimum absolute atomic E-state index is 0.00116. The number of allylic oxidation sites excluding steroid dienone is 1. The Morgan fingerprint density at radius 1 is 0.938 bits per heavy atom. The Morgan fingerprint density at radius 2 is 1.56 bits per heavy atom. The van der Waals surface area contributed by atoms with Crippen molar-refractivity contribution in [1.29, 1.82) is 0 Å². The summed E-state index contributed by atoms with van der Waals surface area (Å²) in [5.41, 5.74) is 3.93. The van der Waals surface area contributed by atoms with Crippen molar-refractivity contribution < 1.29 is 24.1 Å². The molecule has 2 amide bonds. The molecule has 1 heterocycles. The average Bonchev–Trinajstić information content (AvgIpc) is 3.03. The van der Waals surface area contributed by atoms with Crippen LogP contribution in [-0.4, -0.2) is 45.5 Å². The van der Waals surface area contributed by atoms with Crippen LogP contribution >= 0.6 is 0 Å². The number of amides is 2. The molecule has 0 spiro atoms. The van der Waals surface area contributed by atoms with E-state index in [9.17, 15) is 29.3 Å². The quantitative estimate of drug-likeness (QED) is 0.320. The fourth-order valence-electron chi connectivity index (χ4n) is 3.44. The number of imide groups is 1. The van der Waals surface area contributed by atoms with Gasteiger partial charge in [-0.2, -0.15) is 5.10 Å². The number of benzene rings is 2. The zero-order valence-electron chi connectivity index (χ0n) is 16.6. The van der Waals surface area contributed by atoms with Crippen molar-refractivity contribution in [2.75, 3.05) is 12.0 Å². The molecule has 0 radical (unpaired) electrons. The van der Waals surface area contributed by atoms with Gasteiger partial charge in [0.05, 0.1) is 28.2 Å². The highest BCUT2D eigenvalue weighted by Crippen LogP contribution is 2.24. The highest BCUT2D eigenvalue weighted by Gasteiger charge is 2.35. The first-order valence-corrected chi connectivity index (χ1v) is 9.65. The minimum atomic E-state index is -0.532. The van der Waals surface area contributed by atoms with Crippen LogP contribution in [0.25, 0.3) is 0 Å². The number of hydrazone groups is 1. The molecule has 0 fully saturated rings. The van der Waals surface area contributed by atoms with Crippen LogP contribution in [0, 0.1) is 10.1 Å². The Morgan fingerprint density at radius 3 is 2.16 bits per heavy atom. The topological polar surface area (TPSA) is 139 Å². The van der Waals surface area contributed by atoms with Crippen LogP contribution in [0.3, 0.4) is 0 Å². The van der Waals surface area contributed by atoms with Gasteiger partial charge in [0.1, 0.15) is 5.71 Å². The maximum absolute atomic E-state index is 12.5. The molecule has 0 aromatic heterocycles. The van der Waals surface area contributed by atoms with E-state index in [-0.39, 0.29) is 42.1 Å². The van der Waals surface area contributed by atoms with Gasteiger partial charge in [-0.15, -0.1) is 0 Å². The van der Waals surface area contributed by atoms with E-state index in [1.807, 2.05) is 0 Å². The van der Waals surface area contributed by atoms with Crippen molar-refractivity contribution in [3.8, 4) is 0 Å². The number of carbonyl (C=O) groups is 4. The number of nitrogens with zero attached hydrogens (tertiary/aromatic N) is 3. The summed E-state index contributed by atoms with van der Waals surface area (Å²) in [6, 6.07) is 12.0. The summed E-state index contributed by atoms with van der Waals surface area (Å²) in [6.45, 7) is 0.00116. The molecule has 2 aromatic carbocycles. The second-order valence-corrected chi connectivity index (χ2v) is 7.16. The average molecular weight is 432 g/mol. The molecule has 1 N–H and O–H groups in total. The van der Waals surface area contributed by atoms with Gasteiger partial charge in [-0.1, -0.05) is 12.1 Å². The van der Waals surface area contributed by atoms with Crippen LogP contribution in [-0.2, 0) is 9.59 Å². The molecule has 4 rings (SSSR count). The summed E-state index contributed by atoms with van der Waals surface area (Å²) in [6.07, 6.45) is 1.06. The standard InChI is InChI=1S/C22H16N4O6/c27-19-12-20(28)18(24-23-14-5-7-15(8-6-14)26(31)32)11-13(19)9-10-25-21(29)16-3-1-2-4-17(16)22(25)30/h1-8,11,23H,9-10,12H2/b24-18+. The highest BCUT2D eigenvalue weighted by molar-refractivity contribution is 6.50. The summed E-state index contributed by atoms with van der Waals surface area (Å²) in [5.74, 6) is -1.70. The molecule has 0 bridgehead atoms. The van der Waals surface area contributed by atoms with E-state index >= 15 is 0 Å². The van der Waals surface area contributed by atoms with Crippen LogP contribution in [0.15, 0.2) is 65.3 Å². The highest BCUT2D eigenvalue weighted by atomic mass is 16.6. The number of nitrogens with one attached hydrogen (secondary N) is 1. The van der Waals surface area contributed by atoms with Crippen LogP contribution in [0.4, 0.5) is 11.4 Å². The van der Waals surface area contributed by atoms with Crippen molar-refractivity contribution in [3.05, 3.63) is 81.4 Å². The molecule has 2 aliphatic rings. The van der Waals surface area contributed by atoms with E-state index in [0.29, 0.717) is 16.8 Å². The molecule has 2 aromatic rings. The number of non-ortho nitro benzene ring substituents is 1. The number of ketones is 2. The van der Waals surface area contributed by atoms with Crippen LogP contribution < -0.4 is 5.43 Å². The van der Waals surface area contributed by atoms with Gasteiger partial charge in [-0.05, 0) is 42.3 Å². The molecular formula is C22H16N4O6. The van der Waals surface area contributed by atoms with Crippen molar-refractivity contribution in [2.45, 2.75) is 12.8 Å². The molecule has 0 saturated carbocycles. The molecule has 0 atom stereocenters. The van der Waals surface area contributed by atoms with Gasteiger partial charge in [0.2, 0.25) is 0 Å².